The molecule has 0 spiro atoms. The highest BCUT2D eigenvalue weighted by Crippen LogP contribution is 2.10. The number of rotatable bonds is 8. The average Bonchev–Trinajstić information content (AvgIpc) is 2.67. The van der Waals surface area contributed by atoms with Crippen LogP contribution in [0.5, 0.6) is 0 Å². The van der Waals surface area contributed by atoms with Gasteiger partial charge in [-0.1, -0.05) is 30.3 Å². The van der Waals surface area contributed by atoms with E-state index in [0.29, 0.717) is 19.0 Å². The van der Waals surface area contributed by atoms with Crippen molar-refractivity contribution in [3.05, 3.63) is 70.5 Å². The summed E-state index contributed by atoms with van der Waals surface area (Å²) >= 11 is 0. The fraction of sp³-hybridized carbons (Fsp3) is 0.350. The Bertz CT molecular complexity index is 919. The van der Waals surface area contributed by atoms with Gasteiger partial charge >= 0.3 is 0 Å². The summed E-state index contributed by atoms with van der Waals surface area (Å²) in [7, 11) is -0.164. The molecule has 160 valence electrons. The minimum atomic E-state index is -3.27. The zero-order valence-electron chi connectivity index (χ0n) is 16.8. The SMILES string of the molecule is CN=C(NCCc1ccc(F)cc1C)NCc1ccc(CS(=O)(=O)NC)cc1.I. The van der Waals surface area contributed by atoms with Gasteiger partial charge < -0.3 is 10.6 Å². The molecule has 0 heterocycles. The molecule has 0 bridgehead atoms. The van der Waals surface area contributed by atoms with Crippen molar-refractivity contribution in [2.45, 2.75) is 25.6 Å². The Morgan fingerprint density at radius 2 is 1.72 bits per heavy atom. The molecule has 0 atom stereocenters. The van der Waals surface area contributed by atoms with Crippen LogP contribution in [0.1, 0.15) is 22.3 Å². The highest BCUT2D eigenvalue weighted by molar-refractivity contribution is 14.0. The van der Waals surface area contributed by atoms with Crippen molar-refractivity contribution in [1.29, 1.82) is 0 Å². The van der Waals surface area contributed by atoms with Crippen molar-refractivity contribution in [2.24, 2.45) is 4.99 Å². The number of nitrogens with zero attached hydrogens (tertiary/aromatic N) is 1. The van der Waals surface area contributed by atoms with Gasteiger partial charge in [0.2, 0.25) is 10.0 Å². The van der Waals surface area contributed by atoms with Crippen LogP contribution in [0.15, 0.2) is 47.5 Å². The lowest BCUT2D eigenvalue weighted by Gasteiger charge is -2.13. The molecule has 29 heavy (non-hydrogen) atoms. The van der Waals surface area contributed by atoms with Crippen LogP contribution in [0.25, 0.3) is 0 Å². The molecule has 9 heteroatoms. The topological polar surface area (TPSA) is 82.6 Å². The van der Waals surface area contributed by atoms with Crippen molar-refractivity contribution < 1.29 is 12.8 Å². The van der Waals surface area contributed by atoms with Crippen molar-refractivity contribution >= 4 is 40.0 Å². The first kappa shape index (κ1) is 25.3. The summed E-state index contributed by atoms with van der Waals surface area (Å²) in [5, 5.41) is 6.46. The molecule has 0 saturated heterocycles. The highest BCUT2D eigenvalue weighted by Gasteiger charge is 2.08. The molecule has 0 aromatic heterocycles. The first-order valence-corrected chi connectivity index (χ1v) is 10.7. The second-order valence-electron chi connectivity index (χ2n) is 6.45. The highest BCUT2D eigenvalue weighted by atomic mass is 127. The number of hydrogen-bond donors (Lipinski definition) is 3. The average molecular weight is 534 g/mol. The molecular formula is C20H28FIN4O2S. The van der Waals surface area contributed by atoms with E-state index < -0.39 is 10.0 Å². The number of sulfonamides is 1. The predicted molar refractivity (Wildman–Crippen MR) is 127 cm³/mol. The number of benzene rings is 2. The lowest BCUT2D eigenvalue weighted by molar-refractivity contribution is 0.587. The Morgan fingerprint density at radius 1 is 1.07 bits per heavy atom. The molecule has 2 rings (SSSR count). The molecule has 2 aromatic rings. The minimum Gasteiger partial charge on any atom is -0.356 e. The maximum Gasteiger partial charge on any atom is 0.215 e. The number of aliphatic imine (C=N–C) groups is 1. The summed E-state index contributed by atoms with van der Waals surface area (Å²) in [5.41, 5.74) is 3.78. The van der Waals surface area contributed by atoms with Crippen LogP contribution >= 0.6 is 24.0 Å². The van der Waals surface area contributed by atoms with Gasteiger partial charge in [-0.25, -0.2) is 17.5 Å². The lowest BCUT2D eigenvalue weighted by Crippen LogP contribution is -2.37. The molecule has 0 aliphatic rings. The van der Waals surface area contributed by atoms with Gasteiger partial charge in [-0.15, -0.1) is 24.0 Å². The molecule has 0 radical (unpaired) electrons. The summed E-state index contributed by atoms with van der Waals surface area (Å²) in [6.45, 7) is 3.14. The van der Waals surface area contributed by atoms with Gasteiger partial charge in [0, 0.05) is 20.1 Å². The number of nitrogens with one attached hydrogen (secondary N) is 3. The number of hydrogen-bond acceptors (Lipinski definition) is 3. The summed E-state index contributed by atoms with van der Waals surface area (Å²) in [5.74, 6) is 0.409. The summed E-state index contributed by atoms with van der Waals surface area (Å²) in [4.78, 5) is 4.19. The molecule has 0 aliphatic heterocycles. The Hall–Kier alpha value is -1.72. The van der Waals surface area contributed by atoms with Gasteiger partial charge in [-0.05, 0) is 54.8 Å². The van der Waals surface area contributed by atoms with Gasteiger partial charge in [0.25, 0.3) is 0 Å². The van der Waals surface area contributed by atoms with E-state index >= 15 is 0 Å². The molecular weight excluding hydrogens is 506 g/mol. The molecule has 0 saturated carbocycles. The molecule has 3 N–H and O–H groups in total. The third-order valence-corrected chi connectivity index (χ3v) is 5.70. The van der Waals surface area contributed by atoms with Gasteiger partial charge in [0.1, 0.15) is 5.82 Å². The van der Waals surface area contributed by atoms with Crippen molar-refractivity contribution in [1.82, 2.24) is 15.4 Å². The zero-order chi connectivity index (χ0) is 20.6. The first-order valence-electron chi connectivity index (χ1n) is 9.01. The quantitative estimate of drug-likeness (QED) is 0.277. The van der Waals surface area contributed by atoms with Crippen molar-refractivity contribution in [3.8, 4) is 0 Å². The summed E-state index contributed by atoms with van der Waals surface area (Å²) < 4.78 is 38.6. The lowest BCUT2D eigenvalue weighted by atomic mass is 10.1. The van der Waals surface area contributed by atoms with E-state index in [1.165, 1.54) is 19.2 Å². The van der Waals surface area contributed by atoms with Gasteiger partial charge in [-0.3, -0.25) is 4.99 Å². The van der Waals surface area contributed by atoms with E-state index in [0.717, 1.165) is 28.7 Å². The van der Waals surface area contributed by atoms with Crippen LogP contribution in [0.4, 0.5) is 4.39 Å². The molecule has 6 nitrogen and oxygen atoms in total. The van der Waals surface area contributed by atoms with E-state index in [1.807, 2.05) is 19.1 Å². The number of guanidine groups is 1. The normalized spacial score (nSPS) is 11.7. The van der Waals surface area contributed by atoms with Crippen LogP contribution in [-0.2, 0) is 28.7 Å². The molecule has 0 unspecified atom stereocenters. The molecule has 0 aliphatic carbocycles. The van der Waals surface area contributed by atoms with E-state index in [2.05, 4.69) is 20.3 Å². The van der Waals surface area contributed by atoms with Crippen molar-refractivity contribution in [2.75, 3.05) is 20.6 Å². The Balaban J connectivity index is 0.00000420. The van der Waals surface area contributed by atoms with E-state index in [-0.39, 0.29) is 35.5 Å². The maximum absolute atomic E-state index is 13.2. The smallest absolute Gasteiger partial charge is 0.215 e. The Labute approximate surface area is 189 Å². The Kier molecular flexibility index (Phi) is 10.5. The van der Waals surface area contributed by atoms with Gasteiger partial charge in [0.05, 0.1) is 5.75 Å². The van der Waals surface area contributed by atoms with Gasteiger partial charge in [-0.2, -0.15) is 0 Å². The fourth-order valence-electron chi connectivity index (χ4n) is 2.71. The third kappa shape index (κ3) is 8.67. The van der Waals surface area contributed by atoms with Crippen LogP contribution in [-0.4, -0.2) is 35.0 Å². The van der Waals surface area contributed by atoms with E-state index in [9.17, 15) is 12.8 Å². The largest absolute Gasteiger partial charge is 0.356 e. The molecule has 0 fully saturated rings. The van der Waals surface area contributed by atoms with E-state index in [1.54, 1.807) is 25.2 Å². The second-order valence-corrected chi connectivity index (χ2v) is 8.38. The third-order valence-electron chi connectivity index (χ3n) is 4.37. The second kappa shape index (κ2) is 12.1. The summed E-state index contributed by atoms with van der Waals surface area (Å²) in [6, 6.07) is 12.2. The Morgan fingerprint density at radius 3 is 2.31 bits per heavy atom. The first-order chi connectivity index (χ1) is 13.3. The fourth-order valence-corrected chi connectivity index (χ4v) is 3.48. The minimum absolute atomic E-state index is 0. The monoisotopic (exact) mass is 534 g/mol. The standard InChI is InChI=1S/C20H27FN4O2S.HI/c1-15-12-19(21)9-8-18(15)10-11-24-20(22-2)25-13-16-4-6-17(7-5-16)14-28(26,27)23-3;/h4-9,12,23H,10-11,13-14H2,1-3H3,(H2,22,24,25);1H. The molecule has 2 aromatic carbocycles. The maximum atomic E-state index is 13.2. The molecule has 0 amide bonds. The zero-order valence-corrected chi connectivity index (χ0v) is 20.0. The van der Waals surface area contributed by atoms with Crippen LogP contribution in [0.3, 0.4) is 0 Å². The van der Waals surface area contributed by atoms with E-state index in [4.69, 9.17) is 0 Å². The van der Waals surface area contributed by atoms with Crippen LogP contribution < -0.4 is 15.4 Å². The van der Waals surface area contributed by atoms with Crippen LogP contribution in [0, 0.1) is 12.7 Å². The predicted octanol–water partition coefficient (Wildman–Crippen LogP) is 2.71. The summed E-state index contributed by atoms with van der Waals surface area (Å²) in [6.07, 6.45) is 0.765. The number of aryl methyl sites for hydroxylation is 1. The van der Waals surface area contributed by atoms with Crippen LogP contribution in [0.2, 0.25) is 0 Å². The van der Waals surface area contributed by atoms with Crippen molar-refractivity contribution in [3.63, 3.8) is 0 Å². The number of halogens is 2. The van der Waals surface area contributed by atoms with Gasteiger partial charge in [0.15, 0.2) is 5.96 Å².